The summed E-state index contributed by atoms with van der Waals surface area (Å²) in [6.45, 7) is 11.0. The number of aromatic amines is 1. The number of nitrogens with one attached hydrogen (secondary N) is 3. The summed E-state index contributed by atoms with van der Waals surface area (Å²) in [7, 11) is -3.57. The van der Waals surface area contributed by atoms with E-state index in [2.05, 4.69) is 34.4 Å². The molecule has 1 aliphatic heterocycles. The number of carbonyl (C=O) groups excluding carboxylic acids is 2. The summed E-state index contributed by atoms with van der Waals surface area (Å²) in [4.78, 5) is 31.5. The van der Waals surface area contributed by atoms with Crippen LogP contribution in [-0.4, -0.2) is 62.0 Å². The first-order chi connectivity index (χ1) is 18.1. The van der Waals surface area contributed by atoms with Crippen molar-refractivity contribution in [1.82, 2.24) is 15.2 Å². The van der Waals surface area contributed by atoms with Crippen molar-refractivity contribution < 1.29 is 18.0 Å². The Bertz CT molecular complexity index is 1440. The molecule has 2 aliphatic rings. The second-order valence-corrected chi connectivity index (χ2v) is 11.7. The van der Waals surface area contributed by atoms with Gasteiger partial charge in [0, 0.05) is 35.7 Å². The van der Waals surface area contributed by atoms with Gasteiger partial charge in [-0.3, -0.25) is 9.59 Å². The number of anilines is 1. The number of aromatic nitrogens is 1. The molecule has 2 aromatic rings. The summed E-state index contributed by atoms with van der Waals surface area (Å²) in [6, 6.07) is 4.75. The molecule has 0 fully saturated rings. The van der Waals surface area contributed by atoms with E-state index < -0.39 is 9.84 Å². The van der Waals surface area contributed by atoms with Crippen molar-refractivity contribution >= 4 is 39.0 Å². The van der Waals surface area contributed by atoms with E-state index in [-0.39, 0.29) is 22.5 Å². The second-order valence-electron chi connectivity index (χ2n) is 9.72. The molecule has 0 saturated heterocycles. The van der Waals surface area contributed by atoms with Crippen molar-refractivity contribution in [3.05, 3.63) is 70.1 Å². The largest absolute Gasteiger partial charge is 0.358 e. The molecule has 0 unspecified atom stereocenters. The van der Waals surface area contributed by atoms with Gasteiger partial charge in [0.2, 0.25) is 0 Å². The Kier molecular flexibility index (Phi) is 8.38. The third kappa shape index (κ3) is 5.84. The molecule has 3 N–H and O–H groups in total. The van der Waals surface area contributed by atoms with E-state index in [9.17, 15) is 18.0 Å². The Morgan fingerprint density at radius 1 is 1.18 bits per heavy atom. The fourth-order valence-corrected chi connectivity index (χ4v) is 6.43. The van der Waals surface area contributed by atoms with Crippen LogP contribution in [0.2, 0.25) is 0 Å². The maximum absolute atomic E-state index is 13.1. The van der Waals surface area contributed by atoms with Crippen molar-refractivity contribution in [3.63, 3.8) is 0 Å². The van der Waals surface area contributed by atoms with Gasteiger partial charge in [-0.25, -0.2) is 8.42 Å². The van der Waals surface area contributed by atoms with Gasteiger partial charge in [-0.2, -0.15) is 0 Å². The Morgan fingerprint density at radius 2 is 1.95 bits per heavy atom. The minimum Gasteiger partial charge on any atom is -0.358 e. The van der Waals surface area contributed by atoms with E-state index in [0.29, 0.717) is 40.3 Å². The van der Waals surface area contributed by atoms with Crippen LogP contribution in [0.25, 0.3) is 11.6 Å². The maximum atomic E-state index is 13.1. The number of fused-ring (bicyclic) bond motifs is 1. The highest BCUT2D eigenvalue weighted by molar-refractivity contribution is 7.91. The van der Waals surface area contributed by atoms with Gasteiger partial charge < -0.3 is 20.5 Å². The Morgan fingerprint density at radius 3 is 2.63 bits per heavy atom. The number of carbonyl (C=O) groups is 2. The molecule has 2 amide bonds. The fourth-order valence-electron chi connectivity index (χ4n) is 4.96. The van der Waals surface area contributed by atoms with Gasteiger partial charge in [-0.15, -0.1) is 0 Å². The molecule has 0 saturated carbocycles. The molecule has 0 spiro atoms. The molecule has 1 aromatic heterocycles. The number of benzene rings is 1. The predicted octanol–water partition coefficient (Wildman–Crippen LogP) is 4.25. The average molecular weight is 537 g/mol. The van der Waals surface area contributed by atoms with E-state index in [4.69, 9.17) is 0 Å². The Balaban J connectivity index is 1.60. The average Bonchev–Trinajstić information content (AvgIpc) is 3.36. The summed E-state index contributed by atoms with van der Waals surface area (Å²) in [6.07, 6.45) is 9.02. The Labute approximate surface area is 224 Å². The zero-order chi connectivity index (χ0) is 27.4. The van der Waals surface area contributed by atoms with E-state index >= 15 is 0 Å². The number of likely N-dealkylation sites (N-methyl/N-ethyl adjacent to an activating group) is 1. The molecular formula is C29H36N4O4S. The molecule has 0 radical (unpaired) electrons. The summed E-state index contributed by atoms with van der Waals surface area (Å²) in [5.74, 6) is -0.519. The van der Waals surface area contributed by atoms with Crippen LogP contribution in [-0.2, 0) is 14.6 Å². The number of rotatable bonds is 10. The van der Waals surface area contributed by atoms with Crippen molar-refractivity contribution in [1.29, 1.82) is 0 Å². The van der Waals surface area contributed by atoms with Gasteiger partial charge in [0.1, 0.15) is 0 Å². The van der Waals surface area contributed by atoms with Crippen LogP contribution in [0.3, 0.4) is 0 Å². The minimum absolute atomic E-state index is 0.0434. The van der Waals surface area contributed by atoms with Crippen LogP contribution < -0.4 is 10.6 Å². The highest BCUT2D eigenvalue weighted by atomic mass is 32.2. The summed E-state index contributed by atoms with van der Waals surface area (Å²) >= 11 is 0. The monoisotopic (exact) mass is 536 g/mol. The summed E-state index contributed by atoms with van der Waals surface area (Å²) in [5, 5.41) is 5.81. The number of nitrogens with zero attached hydrogens (tertiary/aromatic N) is 1. The molecular weight excluding hydrogens is 500 g/mol. The van der Waals surface area contributed by atoms with Crippen molar-refractivity contribution in [2.75, 3.05) is 37.2 Å². The lowest BCUT2D eigenvalue weighted by Gasteiger charge is -2.18. The number of sulfone groups is 1. The molecule has 202 valence electrons. The molecule has 1 aliphatic carbocycles. The molecule has 8 nitrogen and oxygen atoms in total. The number of hydrogen-bond acceptors (Lipinski definition) is 5. The zero-order valence-corrected chi connectivity index (χ0v) is 23.3. The highest BCUT2D eigenvalue weighted by Crippen LogP contribution is 2.36. The van der Waals surface area contributed by atoms with Crippen molar-refractivity contribution in [3.8, 4) is 0 Å². The highest BCUT2D eigenvalue weighted by Gasteiger charge is 2.28. The number of hydrogen-bond donors (Lipinski definition) is 3. The molecule has 0 atom stereocenters. The third-order valence-electron chi connectivity index (χ3n) is 7.21. The lowest BCUT2D eigenvalue weighted by Crippen LogP contribution is -2.35. The van der Waals surface area contributed by atoms with Crippen LogP contribution in [0.5, 0.6) is 0 Å². The first-order valence-electron chi connectivity index (χ1n) is 13.1. The van der Waals surface area contributed by atoms with Gasteiger partial charge >= 0.3 is 0 Å². The minimum atomic E-state index is -3.57. The molecule has 0 bridgehead atoms. The van der Waals surface area contributed by atoms with Crippen molar-refractivity contribution in [2.24, 2.45) is 0 Å². The van der Waals surface area contributed by atoms with E-state index in [1.54, 1.807) is 24.3 Å². The molecule has 4 rings (SSSR count). The number of aryl methyl sites for hydroxylation is 1. The van der Waals surface area contributed by atoms with Crippen LogP contribution in [0.4, 0.5) is 5.69 Å². The predicted molar refractivity (Wildman–Crippen MR) is 152 cm³/mol. The Hall–Kier alpha value is -3.43. The summed E-state index contributed by atoms with van der Waals surface area (Å²) < 4.78 is 26.3. The van der Waals surface area contributed by atoms with E-state index in [0.717, 1.165) is 43.6 Å². The van der Waals surface area contributed by atoms with Gasteiger partial charge in [-0.05, 0) is 69.6 Å². The lowest BCUT2D eigenvalue weighted by atomic mass is 10.0. The van der Waals surface area contributed by atoms with Gasteiger partial charge in [0.15, 0.2) is 9.84 Å². The van der Waals surface area contributed by atoms with Crippen molar-refractivity contribution in [2.45, 2.75) is 45.4 Å². The number of amides is 2. The smallest absolute Gasteiger partial charge is 0.256 e. The van der Waals surface area contributed by atoms with E-state index in [1.165, 1.54) is 0 Å². The van der Waals surface area contributed by atoms with Crippen LogP contribution in [0.15, 0.2) is 46.9 Å². The third-order valence-corrected chi connectivity index (χ3v) is 8.93. The van der Waals surface area contributed by atoms with Crippen LogP contribution in [0.1, 0.15) is 59.6 Å². The maximum Gasteiger partial charge on any atom is 0.256 e. The standard InChI is InChI=1S/C29H36N4O4S/c1-5-33(6-2)15-14-30-29(35)27-19(3)26(31-20(27)4)17-24-23-16-22(12-13-25(23)32-28(24)34)38(36,37)18-21-10-8-7-9-11-21/h7-8,10,12-13,16-17,31H,5-6,9,11,14-15,18H2,1-4H3,(H,30,35)(H,32,34)/b24-17-. The van der Waals surface area contributed by atoms with Crippen LogP contribution in [0, 0.1) is 13.8 Å². The quantitative estimate of drug-likeness (QED) is 0.393. The fraction of sp³-hybridized carbons (Fsp3) is 0.379. The molecule has 1 aromatic carbocycles. The topological polar surface area (TPSA) is 111 Å². The first-order valence-corrected chi connectivity index (χ1v) is 14.7. The number of allylic oxidation sites excluding steroid dienone is 3. The van der Waals surface area contributed by atoms with Gasteiger partial charge in [0.25, 0.3) is 11.8 Å². The molecule has 2 heterocycles. The summed E-state index contributed by atoms with van der Waals surface area (Å²) in [5.41, 5.74) is 4.97. The van der Waals surface area contributed by atoms with Crippen LogP contribution >= 0.6 is 0 Å². The molecule has 38 heavy (non-hydrogen) atoms. The first kappa shape index (κ1) is 27.6. The number of H-pyrrole nitrogens is 1. The van der Waals surface area contributed by atoms with E-state index in [1.807, 2.05) is 32.1 Å². The van der Waals surface area contributed by atoms with Gasteiger partial charge in [0.05, 0.1) is 21.8 Å². The second kappa shape index (κ2) is 11.5. The SMILES string of the molecule is CCN(CC)CCNC(=O)c1c(C)[nH]c(/C=C2\C(=O)Nc3ccc(S(=O)(=O)CC4=CC=CCC4)cc32)c1C. The zero-order valence-electron chi connectivity index (χ0n) is 22.5. The normalized spacial score (nSPS) is 16.1. The lowest BCUT2D eigenvalue weighted by molar-refractivity contribution is -0.110. The molecule has 9 heteroatoms. The van der Waals surface area contributed by atoms with Gasteiger partial charge in [-0.1, -0.05) is 37.6 Å².